The molecule has 3 aromatic rings. The summed E-state index contributed by atoms with van der Waals surface area (Å²) in [5.41, 5.74) is 4.52. The van der Waals surface area contributed by atoms with Crippen molar-refractivity contribution >= 4 is 11.6 Å². The number of halogens is 2. The second-order valence-corrected chi connectivity index (χ2v) is 6.79. The molecule has 0 atom stereocenters. The van der Waals surface area contributed by atoms with Crippen molar-refractivity contribution in [2.75, 3.05) is 0 Å². The largest absolute Gasteiger partial charge is 0.488 e. The van der Waals surface area contributed by atoms with Crippen LogP contribution >= 0.6 is 11.6 Å². The standard InChI is InChI=1S/C22H21ClFNO/c1-16-2-4-17(5-3-16)13-25-14-19-12-20(23)8-11-22(19)26-15-18-6-9-21(24)10-7-18/h2-12,25H,13-15H2,1H3/p+1. The van der Waals surface area contributed by atoms with E-state index in [9.17, 15) is 4.39 Å². The highest BCUT2D eigenvalue weighted by molar-refractivity contribution is 6.30. The number of benzene rings is 3. The van der Waals surface area contributed by atoms with Crippen LogP contribution in [0.15, 0.2) is 66.7 Å². The van der Waals surface area contributed by atoms with Gasteiger partial charge in [0.05, 0.1) is 0 Å². The molecule has 0 spiro atoms. The molecule has 4 heteroatoms. The summed E-state index contributed by atoms with van der Waals surface area (Å²) in [5.74, 6) is 0.561. The molecule has 26 heavy (non-hydrogen) atoms. The van der Waals surface area contributed by atoms with Crippen molar-refractivity contribution in [2.24, 2.45) is 0 Å². The molecule has 2 nitrogen and oxygen atoms in total. The molecule has 0 saturated carbocycles. The Labute approximate surface area is 158 Å². The van der Waals surface area contributed by atoms with Gasteiger partial charge in [0.25, 0.3) is 0 Å². The summed E-state index contributed by atoms with van der Waals surface area (Å²) < 4.78 is 18.9. The van der Waals surface area contributed by atoms with Crippen molar-refractivity contribution in [1.82, 2.24) is 0 Å². The lowest BCUT2D eigenvalue weighted by molar-refractivity contribution is -0.686. The molecule has 3 aromatic carbocycles. The fraction of sp³-hybridized carbons (Fsp3) is 0.182. The quantitative estimate of drug-likeness (QED) is 0.644. The molecule has 0 aliphatic rings. The van der Waals surface area contributed by atoms with Gasteiger partial charge in [-0.1, -0.05) is 53.6 Å². The van der Waals surface area contributed by atoms with E-state index in [1.165, 1.54) is 23.3 Å². The molecule has 0 saturated heterocycles. The number of nitrogens with two attached hydrogens (primary N) is 1. The van der Waals surface area contributed by atoms with E-state index < -0.39 is 0 Å². The second kappa shape index (κ2) is 8.84. The second-order valence-electron chi connectivity index (χ2n) is 6.35. The molecule has 0 aliphatic carbocycles. The fourth-order valence-corrected chi connectivity index (χ4v) is 2.90. The Morgan fingerprint density at radius 1 is 0.885 bits per heavy atom. The predicted octanol–water partition coefficient (Wildman–Crippen LogP) is 4.63. The van der Waals surface area contributed by atoms with Crippen LogP contribution in [0.5, 0.6) is 5.75 Å². The topological polar surface area (TPSA) is 25.8 Å². The van der Waals surface area contributed by atoms with Crippen LogP contribution in [0.3, 0.4) is 0 Å². The Bertz CT molecular complexity index is 847. The lowest BCUT2D eigenvalue weighted by Gasteiger charge is -2.12. The minimum atomic E-state index is -0.244. The van der Waals surface area contributed by atoms with Crippen LogP contribution in [0, 0.1) is 12.7 Å². The van der Waals surface area contributed by atoms with Crippen molar-refractivity contribution in [1.29, 1.82) is 0 Å². The predicted molar refractivity (Wildman–Crippen MR) is 103 cm³/mol. The van der Waals surface area contributed by atoms with E-state index in [-0.39, 0.29) is 5.82 Å². The van der Waals surface area contributed by atoms with E-state index in [1.54, 1.807) is 12.1 Å². The number of quaternary nitrogens is 1. The Hall–Kier alpha value is -2.36. The monoisotopic (exact) mass is 370 g/mol. The first kappa shape index (κ1) is 18.4. The van der Waals surface area contributed by atoms with Gasteiger partial charge in [0.1, 0.15) is 31.3 Å². The van der Waals surface area contributed by atoms with Gasteiger partial charge >= 0.3 is 0 Å². The maximum atomic E-state index is 13.0. The number of rotatable bonds is 7. The van der Waals surface area contributed by atoms with Gasteiger partial charge in [-0.2, -0.15) is 0 Å². The lowest BCUT2D eigenvalue weighted by Crippen LogP contribution is -2.80. The number of ether oxygens (including phenoxy) is 1. The van der Waals surface area contributed by atoms with E-state index in [0.29, 0.717) is 11.6 Å². The van der Waals surface area contributed by atoms with Gasteiger partial charge in [0.15, 0.2) is 0 Å². The minimum Gasteiger partial charge on any atom is -0.488 e. The van der Waals surface area contributed by atoms with Crippen LogP contribution in [0.25, 0.3) is 0 Å². The summed E-state index contributed by atoms with van der Waals surface area (Å²) in [7, 11) is 0. The molecule has 2 N–H and O–H groups in total. The average molecular weight is 371 g/mol. The SMILES string of the molecule is Cc1ccc(C[NH2+]Cc2cc(Cl)ccc2OCc2ccc(F)cc2)cc1. The maximum absolute atomic E-state index is 13.0. The van der Waals surface area contributed by atoms with Crippen molar-refractivity contribution in [3.63, 3.8) is 0 Å². The molecule has 0 radical (unpaired) electrons. The smallest absolute Gasteiger partial charge is 0.128 e. The summed E-state index contributed by atoms with van der Waals surface area (Å²) >= 11 is 6.15. The van der Waals surface area contributed by atoms with Crippen LogP contribution in [0.4, 0.5) is 4.39 Å². The minimum absolute atomic E-state index is 0.244. The van der Waals surface area contributed by atoms with Crippen molar-refractivity contribution in [3.05, 3.63) is 99.8 Å². The Morgan fingerprint density at radius 2 is 1.58 bits per heavy atom. The molecule has 0 bridgehead atoms. The first-order chi connectivity index (χ1) is 12.6. The summed E-state index contributed by atoms with van der Waals surface area (Å²) in [4.78, 5) is 0. The molecule has 0 unspecified atom stereocenters. The molecular weight excluding hydrogens is 349 g/mol. The molecule has 3 rings (SSSR count). The third-order valence-corrected chi connectivity index (χ3v) is 4.43. The van der Waals surface area contributed by atoms with Crippen molar-refractivity contribution < 1.29 is 14.4 Å². The van der Waals surface area contributed by atoms with Gasteiger partial charge in [-0.05, 0) is 42.8 Å². The van der Waals surface area contributed by atoms with Crippen molar-refractivity contribution in [2.45, 2.75) is 26.6 Å². The van der Waals surface area contributed by atoms with Gasteiger partial charge in [-0.15, -0.1) is 0 Å². The Balaban J connectivity index is 1.61. The van der Waals surface area contributed by atoms with Gasteiger partial charge in [-0.25, -0.2) is 4.39 Å². The number of hydrogen-bond acceptors (Lipinski definition) is 1. The van der Waals surface area contributed by atoms with E-state index >= 15 is 0 Å². The highest BCUT2D eigenvalue weighted by Crippen LogP contribution is 2.23. The molecule has 0 fully saturated rings. The molecular formula is C22H22ClFNO+. The summed E-state index contributed by atoms with van der Waals surface area (Å²) in [6.45, 7) is 4.15. The molecule has 0 heterocycles. The van der Waals surface area contributed by atoms with Crippen molar-refractivity contribution in [3.8, 4) is 5.75 Å². The summed E-state index contributed by atoms with van der Waals surface area (Å²) in [6, 6.07) is 20.5. The van der Waals surface area contributed by atoms with Gasteiger partial charge in [0.2, 0.25) is 0 Å². The Morgan fingerprint density at radius 3 is 2.31 bits per heavy atom. The molecule has 134 valence electrons. The zero-order valence-electron chi connectivity index (χ0n) is 14.7. The first-order valence-corrected chi connectivity index (χ1v) is 9.01. The van der Waals surface area contributed by atoms with E-state index in [0.717, 1.165) is 30.0 Å². The van der Waals surface area contributed by atoms with Crippen LogP contribution in [0.1, 0.15) is 22.3 Å². The third-order valence-electron chi connectivity index (χ3n) is 4.20. The van der Waals surface area contributed by atoms with Crippen LogP contribution in [-0.2, 0) is 19.7 Å². The third kappa shape index (κ3) is 5.32. The van der Waals surface area contributed by atoms with Gasteiger partial charge in [0, 0.05) is 16.1 Å². The van der Waals surface area contributed by atoms with Crippen LogP contribution < -0.4 is 10.1 Å². The van der Waals surface area contributed by atoms with E-state index in [2.05, 4.69) is 36.5 Å². The number of hydrogen-bond donors (Lipinski definition) is 1. The van der Waals surface area contributed by atoms with E-state index in [1.807, 2.05) is 18.2 Å². The van der Waals surface area contributed by atoms with E-state index in [4.69, 9.17) is 16.3 Å². The molecule has 0 amide bonds. The number of aryl methyl sites for hydroxylation is 1. The highest BCUT2D eigenvalue weighted by Gasteiger charge is 2.08. The van der Waals surface area contributed by atoms with Gasteiger partial charge < -0.3 is 10.1 Å². The highest BCUT2D eigenvalue weighted by atomic mass is 35.5. The normalized spacial score (nSPS) is 10.7. The average Bonchev–Trinajstić information content (AvgIpc) is 2.64. The first-order valence-electron chi connectivity index (χ1n) is 8.63. The lowest BCUT2D eigenvalue weighted by atomic mass is 10.1. The zero-order valence-corrected chi connectivity index (χ0v) is 15.5. The zero-order chi connectivity index (χ0) is 18.4. The van der Waals surface area contributed by atoms with Crippen LogP contribution in [-0.4, -0.2) is 0 Å². The van der Waals surface area contributed by atoms with Crippen LogP contribution in [0.2, 0.25) is 5.02 Å². The maximum Gasteiger partial charge on any atom is 0.128 e. The summed E-state index contributed by atoms with van der Waals surface area (Å²) in [5, 5.41) is 2.92. The molecule has 0 aromatic heterocycles. The fourth-order valence-electron chi connectivity index (χ4n) is 2.71. The summed E-state index contributed by atoms with van der Waals surface area (Å²) in [6.07, 6.45) is 0. The Kier molecular flexibility index (Phi) is 6.26. The molecule has 0 aliphatic heterocycles. The van der Waals surface area contributed by atoms with Gasteiger partial charge in [-0.3, -0.25) is 0 Å².